The van der Waals surface area contributed by atoms with Crippen LogP contribution in [0, 0.1) is 0 Å². The maximum absolute atomic E-state index is 12.0. The van der Waals surface area contributed by atoms with Gasteiger partial charge in [-0.25, -0.2) is 5.43 Å². The summed E-state index contributed by atoms with van der Waals surface area (Å²) < 4.78 is 1.38. The molecule has 9 heteroatoms. The van der Waals surface area contributed by atoms with Crippen LogP contribution in [0.4, 0.5) is 0 Å². The van der Waals surface area contributed by atoms with Gasteiger partial charge < -0.3 is 14.8 Å². The fraction of sp³-hybridized carbons (Fsp3) is 0.133. The minimum Gasteiger partial charge on any atom is -0.506 e. The number of nitrogens with zero attached hydrogens (tertiary/aromatic N) is 2. The number of phenolic OH excluding ortho intramolecular Hbond substituents is 2. The van der Waals surface area contributed by atoms with E-state index in [0.29, 0.717) is 6.54 Å². The molecule has 1 heterocycles. The third-order valence-electron chi connectivity index (χ3n) is 3.17. The lowest BCUT2D eigenvalue weighted by atomic mass is 10.2. The van der Waals surface area contributed by atoms with Crippen molar-refractivity contribution in [2.75, 3.05) is 0 Å². The predicted octanol–water partition coefficient (Wildman–Crippen LogP) is 2.35. The molecule has 2 aromatic rings. The van der Waals surface area contributed by atoms with Crippen LogP contribution < -0.4 is 11.0 Å². The Morgan fingerprint density at radius 2 is 2.08 bits per heavy atom. The zero-order valence-corrected chi connectivity index (χ0v) is 14.0. The summed E-state index contributed by atoms with van der Waals surface area (Å²) in [4.78, 5) is 24.0. The Hall–Kier alpha value is -2.51. The summed E-state index contributed by atoms with van der Waals surface area (Å²) >= 11 is 11.4. The second-order valence-corrected chi connectivity index (χ2v) is 5.46. The van der Waals surface area contributed by atoms with Crippen LogP contribution in [0.3, 0.4) is 0 Å². The minimum absolute atomic E-state index is 0.0671. The van der Waals surface area contributed by atoms with E-state index in [4.69, 9.17) is 23.2 Å². The maximum Gasteiger partial charge on any atom is 0.276 e. The Bertz CT molecular complexity index is 878. The summed E-state index contributed by atoms with van der Waals surface area (Å²) in [6.45, 7) is 2.21. The Morgan fingerprint density at radius 1 is 1.38 bits per heavy atom. The van der Waals surface area contributed by atoms with Crippen LogP contribution in [-0.2, 0) is 6.54 Å². The van der Waals surface area contributed by atoms with Gasteiger partial charge in [-0.15, -0.1) is 0 Å². The highest BCUT2D eigenvalue weighted by Crippen LogP contribution is 2.40. The lowest BCUT2D eigenvalue weighted by Gasteiger charge is -2.06. The molecule has 0 spiro atoms. The third kappa shape index (κ3) is 3.52. The van der Waals surface area contributed by atoms with Gasteiger partial charge >= 0.3 is 0 Å². The number of amides is 1. The molecule has 0 radical (unpaired) electrons. The second-order valence-electron chi connectivity index (χ2n) is 4.67. The standard InChI is InChI=1S/C15H13Cl2N3O4/c1-2-20-5-3-4-9(15(20)24)14(23)19-18-7-8-6-10(16)13(22)11(17)12(8)21/h3-7,21-22H,2H2,1H3,(H,19,23)/b18-7-. The van der Waals surface area contributed by atoms with Crippen molar-refractivity contribution in [3.63, 3.8) is 0 Å². The van der Waals surface area contributed by atoms with Gasteiger partial charge in [0, 0.05) is 18.3 Å². The fourth-order valence-corrected chi connectivity index (χ4v) is 2.37. The van der Waals surface area contributed by atoms with Crippen molar-refractivity contribution < 1.29 is 15.0 Å². The van der Waals surface area contributed by atoms with E-state index < -0.39 is 23.0 Å². The van der Waals surface area contributed by atoms with Crippen molar-refractivity contribution in [2.45, 2.75) is 13.5 Å². The Balaban J connectivity index is 2.21. The summed E-state index contributed by atoms with van der Waals surface area (Å²) in [5.41, 5.74) is 1.76. The number of aryl methyl sites for hydroxylation is 1. The van der Waals surface area contributed by atoms with Gasteiger partial charge in [-0.3, -0.25) is 9.59 Å². The zero-order chi connectivity index (χ0) is 17.9. The monoisotopic (exact) mass is 369 g/mol. The molecule has 0 saturated heterocycles. The third-order valence-corrected chi connectivity index (χ3v) is 3.82. The number of carbonyl (C=O) groups is 1. The highest BCUT2D eigenvalue weighted by Gasteiger charge is 2.14. The molecule has 1 amide bonds. The van der Waals surface area contributed by atoms with E-state index in [1.54, 1.807) is 19.2 Å². The van der Waals surface area contributed by atoms with E-state index in [-0.39, 0.29) is 21.2 Å². The second kappa shape index (κ2) is 7.37. The van der Waals surface area contributed by atoms with E-state index >= 15 is 0 Å². The number of hydrogen-bond donors (Lipinski definition) is 3. The number of carbonyl (C=O) groups excluding carboxylic acids is 1. The zero-order valence-electron chi connectivity index (χ0n) is 12.5. The molecule has 0 fully saturated rings. The molecule has 0 aliphatic carbocycles. The summed E-state index contributed by atoms with van der Waals surface area (Å²) in [5, 5.41) is 22.5. The van der Waals surface area contributed by atoms with E-state index in [2.05, 4.69) is 10.5 Å². The van der Waals surface area contributed by atoms with Gasteiger partial charge in [0.05, 0.1) is 11.2 Å². The molecule has 3 N–H and O–H groups in total. The van der Waals surface area contributed by atoms with E-state index in [9.17, 15) is 19.8 Å². The van der Waals surface area contributed by atoms with Gasteiger partial charge in [-0.1, -0.05) is 23.2 Å². The van der Waals surface area contributed by atoms with E-state index in [0.717, 1.165) is 6.21 Å². The molecule has 1 aromatic heterocycles. The van der Waals surface area contributed by atoms with Crippen molar-refractivity contribution >= 4 is 35.3 Å². The molecule has 0 aliphatic heterocycles. The predicted molar refractivity (Wildman–Crippen MR) is 91.2 cm³/mol. The van der Waals surface area contributed by atoms with Gasteiger partial charge in [0.15, 0.2) is 5.75 Å². The first-order valence-corrected chi connectivity index (χ1v) is 7.55. The summed E-state index contributed by atoms with van der Waals surface area (Å²) in [6.07, 6.45) is 2.66. The SMILES string of the molecule is CCn1cccc(C(=O)N/N=C\c2cc(Cl)c(O)c(Cl)c2O)c1=O. The first kappa shape index (κ1) is 17.8. The number of nitrogens with one attached hydrogen (secondary N) is 1. The maximum atomic E-state index is 12.0. The van der Waals surface area contributed by atoms with Crippen LogP contribution in [0.15, 0.2) is 34.3 Å². The smallest absolute Gasteiger partial charge is 0.276 e. The molecule has 0 atom stereocenters. The van der Waals surface area contributed by atoms with Crippen molar-refractivity contribution in [1.82, 2.24) is 9.99 Å². The average molecular weight is 370 g/mol. The number of halogens is 2. The number of phenols is 2. The fourth-order valence-electron chi connectivity index (χ4n) is 1.89. The largest absolute Gasteiger partial charge is 0.506 e. The molecule has 2 rings (SSSR count). The molecule has 24 heavy (non-hydrogen) atoms. The lowest BCUT2D eigenvalue weighted by molar-refractivity contribution is 0.0953. The Labute approximate surface area is 146 Å². The highest BCUT2D eigenvalue weighted by atomic mass is 35.5. The molecular formula is C15H13Cl2N3O4. The van der Waals surface area contributed by atoms with Crippen molar-refractivity contribution in [2.24, 2.45) is 5.10 Å². The molecule has 0 bridgehead atoms. The van der Waals surface area contributed by atoms with Crippen LogP contribution in [0.25, 0.3) is 0 Å². The topological polar surface area (TPSA) is 104 Å². The molecule has 126 valence electrons. The minimum atomic E-state index is -0.700. The number of hydrazone groups is 1. The number of pyridine rings is 1. The van der Waals surface area contributed by atoms with Crippen molar-refractivity contribution in [1.29, 1.82) is 0 Å². The van der Waals surface area contributed by atoms with Crippen LogP contribution in [-0.4, -0.2) is 26.9 Å². The van der Waals surface area contributed by atoms with Crippen molar-refractivity contribution in [3.05, 3.63) is 55.9 Å². The van der Waals surface area contributed by atoms with Gasteiger partial charge in [0.1, 0.15) is 16.3 Å². The van der Waals surface area contributed by atoms with Crippen LogP contribution in [0.2, 0.25) is 10.0 Å². The molecule has 0 aliphatic rings. The van der Waals surface area contributed by atoms with Crippen molar-refractivity contribution in [3.8, 4) is 11.5 Å². The quantitative estimate of drug-likeness (QED) is 0.568. The summed E-state index contributed by atoms with van der Waals surface area (Å²) in [6, 6.07) is 4.18. The summed E-state index contributed by atoms with van der Waals surface area (Å²) in [7, 11) is 0. The van der Waals surface area contributed by atoms with Crippen LogP contribution in [0.1, 0.15) is 22.8 Å². The summed E-state index contributed by atoms with van der Waals surface area (Å²) in [5.74, 6) is -1.60. The molecule has 7 nitrogen and oxygen atoms in total. The van der Waals surface area contributed by atoms with E-state index in [1.165, 1.54) is 16.7 Å². The Kier molecular flexibility index (Phi) is 5.48. The number of aromatic hydroxyl groups is 2. The normalized spacial score (nSPS) is 11.0. The van der Waals surface area contributed by atoms with Gasteiger partial charge in [-0.2, -0.15) is 5.10 Å². The molecular weight excluding hydrogens is 357 g/mol. The van der Waals surface area contributed by atoms with Gasteiger partial charge in [0.25, 0.3) is 11.5 Å². The van der Waals surface area contributed by atoms with Gasteiger partial charge in [0.2, 0.25) is 0 Å². The number of hydrogen-bond acceptors (Lipinski definition) is 5. The van der Waals surface area contributed by atoms with Crippen LogP contribution in [0.5, 0.6) is 11.5 Å². The average Bonchev–Trinajstić information content (AvgIpc) is 2.57. The van der Waals surface area contributed by atoms with Crippen LogP contribution >= 0.6 is 23.2 Å². The highest BCUT2D eigenvalue weighted by molar-refractivity contribution is 6.38. The molecule has 0 saturated carbocycles. The Morgan fingerprint density at radius 3 is 2.75 bits per heavy atom. The molecule has 1 aromatic carbocycles. The molecule has 0 unspecified atom stereocenters. The first-order valence-electron chi connectivity index (χ1n) is 6.79. The number of aromatic nitrogens is 1. The van der Waals surface area contributed by atoms with E-state index in [1.807, 2.05) is 0 Å². The van der Waals surface area contributed by atoms with Gasteiger partial charge in [-0.05, 0) is 25.1 Å². The first-order chi connectivity index (χ1) is 11.4. The number of benzene rings is 1. The lowest BCUT2D eigenvalue weighted by Crippen LogP contribution is -2.30. The number of rotatable bonds is 4.